The van der Waals surface area contributed by atoms with Crippen LogP contribution >= 0.6 is 11.3 Å². The molecule has 2 aromatic rings. The van der Waals surface area contributed by atoms with Crippen molar-refractivity contribution in [1.29, 1.82) is 0 Å². The topological polar surface area (TPSA) is 92.4 Å². The molecule has 0 radical (unpaired) electrons. The van der Waals surface area contributed by atoms with Crippen LogP contribution in [-0.4, -0.2) is 31.7 Å². The lowest BCUT2D eigenvalue weighted by Gasteiger charge is -2.12. The van der Waals surface area contributed by atoms with E-state index in [1.165, 1.54) is 11.1 Å². The Bertz CT molecular complexity index is 601. The molecule has 0 saturated heterocycles. The van der Waals surface area contributed by atoms with E-state index in [0.717, 1.165) is 0 Å². The number of thiophene rings is 1. The normalized spacial score (nSPS) is 11.7. The second kappa shape index (κ2) is 8.01. The van der Waals surface area contributed by atoms with Gasteiger partial charge in [0.05, 0.1) is 12.4 Å². The van der Waals surface area contributed by atoms with E-state index in [1.807, 2.05) is 18.7 Å². The third-order valence-corrected chi connectivity index (χ3v) is 3.57. The Labute approximate surface area is 126 Å². The van der Waals surface area contributed by atoms with Crippen molar-refractivity contribution in [2.75, 3.05) is 0 Å². The minimum atomic E-state index is -1.26. The fraction of sp³-hybridized carbons (Fsp3) is 0.214. The number of carboxylic acids is 2. The van der Waals surface area contributed by atoms with Crippen LogP contribution < -0.4 is 0 Å². The molecule has 2 N–H and O–H groups in total. The summed E-state index contributed by atoms with van der Waals surface area (Å²) in [6, 6.07) is 0.397. The Morgan fingerprint density at radius 1 is 1.29 bits per heavy atom. The molecule has 0 aliphatic rings. The minimum absolute atomic E-state index is 0.397. The lowest BCUT2D eigenvalue weighted by Crippen LogP contribution is -2.03. The van der Waals surface area contributed by atoms with E-state index < -0.39 is 11.9 Å². The van der Waals surface area contributed by atoms with Crippen molar-refractivity contribution in [3.05, 3.63) is 52.8 Å². The molecule has 0 fully saturated rings. The number of rotatable bonds is 4. The van der Waals surface area contributed by atoms with Gasteiger partial charge >= 0.3 is 11.9 Å². The predicted molar refractivity (Wildman–Crippen MR) is 79.5 cm³/mol. The molecule has 2 rings (SSSR count). The SMILES string of the molecule is Cc1cscc1C(C)n1ccnc1.O=C(O)C=CC(=O)O. The quantitative estimate of drug-likeness (QED) is 0.847. The molecular weight excluding hydrogens is 292 g/mol. The van der Waals surface area contributed by atoms with Crippen molar-refractivity contribution in [2.24, 2.45) is 0 Å². The van der Waals surface area contributed by atoms with Crippen LogP contribution in [0.3, 0.4) is 0 Å². The monoisotopic (exact) mass is 308 g/mol. The van der Waals surface area contributed by atoms with Crippen LogP contribution in [0.25, 0.3) is 0 Å². The van der Waals surface area contributed by atoms with E-state index in [-0.39, 0.29) is 0 Å². The highest BCUT2D eigenvalue weighted by atomic mass is 32.1. The number of carbonyl (C=O) groups is 2. The van der Waals surface area contributed by atoms with E-state index >= 15 is 0 Å². The van der Waals surface area contributed by atoms with Crippen LogP contribution in [0.15, 0.2) is 41.6 Å². The summed E-state index contributed by atoms with van der Waals surface area (Å²) in [6.45, 7) is 4.34. The highest BCUT2D eigenvalue weighted by molar-refractivity contribution is 7.08. The zero-order valence-electron chi connectivity index (χ0n) is 11.6. The molecule has 6 nitrogen and oxygen atoms in total. The maximum atomic E-state index is 9.55. The maximum absolute atomic E-state index is 9.55. The number of hydrogen-bond acceptors (Lipinski definition) is 4. The number of hydrogen-bond donors (Lipinski definition) is 2. The highest BCUT2D eigenvalue weighted by Gasteiger charge is 2.09. The zero-order chi connectivity index (χ0) is 15.8. The maximum Gasteiger partial charge on any atom is 0.328 e. The van der Waals surface area contributed by atoms with Gasteiger partial charge in [-0.25, -0.2) is 14.6 Å². The van der Waals surface area contributed by atoms with Gasteiger partial charge in [-0.3, -0.25) is 0 Å². The van der Waals surface area contributed by atoms with Crippen LogP contribution in [0, 0.1) is 6.92 Å². The van der Waals surface area contributed by atoms with Crippen LogP contribution in [0.1, 0.15) is 24.1 Å². The molecule has 2 heterocycles. The van der Waals surface area contributed by atoms with Crippen molar-refractivity contribution in [3.63, 3.8) is 0 Å². The van der Waals surface area contributed by atoms with Crippen LogP contribution in [-0.2, 0) is 9.59 Å². The number of imidazole rings is 1. The lowest BCUT2D eigenvalue weighted by atomic mass is 10.1. The smallest absolute Gasteiger partial charge is 0.328 e. The van der Waals surface area contributed by atoms with Crippen LogP contribution in [0.2, 0.25) is 0 Å². The second-order valence-corrected chi connectivity index (χ2v) is 4.95. The van der Waals surface area contributed by atoms with E-state index in [2.05, 4.69) is 34.2 Å². The Hall–Kier alpha value is -2.41. The number of aryl methyl sites for hydroxylation is 1. The summed E-state index contributed by atoms with van der Waals surface area (Å²) in [5, 5.41) is 20.0. The molecule has 2 aromatic heterocycles. The average molecular weight is 308 g/mol. The van der Waals surface area contributed by atoms with Crippen molar-refractivity contribution >= 4 is 23.3 Å². The summed E-state index contributed by atoms with van der Waals surface area (Å²) in [4.78, 5) is 23.2. The average Bonchev–Trinajstić information content (AvgIpc) is 3.07. The summed E-state index contributed by atoms with van der Waals surface area (Å²) in [5.41, 5.74) is 2.76. The lowest BCUT2D eigenvalue weighted by molar-refractivity contribution is -0.134. The van der Waals surface area contributed by atoms with Gasteiger partial charge in [-0.15, -0.1) is 0 Å². The molecule has 0 bridgehead atoms. The van der Waals surface area contributed by atoms with Gasteiger partial charge in [0.15, 0.2) is 0 Å². The van der Waals surface area contributed by atoms with Crippen molar-refractivity contribution in [1.82, 2.24) is 9.55 Å². The van der Waals surface area contributed by atoms with E-state index in [9.17, 15) is 9.59 Å². The number of aromatic nitrogens is 2. The second-order valence-electron chi connectivity index (χ2n) is 4.21. The van der Waals surface area contributed by atoms with Gasteiger partial charge in [-0.2, -0.15) is 11.3 Å². The highest BCUT2D eigenvalue weighted by Crippen LogP contribution is 2.24. The predicted octanol–water partition coefficient (Wildman–Crippen LogP) is 2.57. The first-order valence-electron chi connectivity index (χ1n) is 6.06. The van der Waals surface area contributed by atoms with Gasteiger partial charge in [0.2, 0.25) is 0 Å². The van der Waals surface area contributed by atoms with Crippen molar-refractivity contribution < 1.29 is 19.8 Å². The first-order chi connectivity index (χ1) is 9.91. The number of nitrogens with zero attached hydrogens (tertiary/aromatic N) is 2. The molecule has 1 atom stereocenters. The molecule has 0 aliphatic carbocycles. The first-order valence-corrected chi connectivity index (χ1v) is 7.00. The number of carboxylic acid groups (broad SMARTS) is 2. The molecule has 112 valence electrons. The molecule has 21 heavy (non-hydrogen) atoms. The Morgan fingerprint density at radius 2 is 1.90 bits per heavy atom. The summed E-state index contributed by atoms with van der Waals surface area (Å²) < 4.78 is 2.12. The molecule has 0 aromatic carbocycles. The largest absolute Gasteiger partial charge is 0.478 e. The molecule has 0 aliphatic heterocycles. The Kier molecular flexibility index (Phi) is 6.35. The fourth-order valence-corrected chi connectivity index (χ4v) is 2.54. The first kappa shape index (κ1) is 16.6. The third-order valence-electron chi connectivity index (χ3n) is 2.69. The Morgan fingerprint density at radius 3 is 2.29 bits per heavy atom. The van der Waals surface area contributed by atoms with Gasteiger partial charge in [0, 0.05) is 24.5 Å². The van der Waals surface area contributed by atoms with E-state index in [4.69, 9.17) is 10.2 Å². The summed E-state index contributed by atoms with van der Waals surface area (Å²) in [5.74, 6) is -2.51. The van der Waals surface area contributed by atoms with Crippen molar-refractivity contribution in [2.45, 2.75) is 19.9 Å². The zero-order valence-corrected chi connectivity index (χ0v) is 12.4. The standard InChI is InChI=1S/C10H12N2S.C4H4O4/c1-8-5-13-6-10(8)9(2)12-4-3-11-7-12;5-3(6)1-2-4(7)8/h3-7,9H,1-2H3;1-2H,(H,5,6)(H,7,8). The molecule has 7 heteroatoms. The third kappa shape index (κ3) is 5.62. The van der Waals surface area contributed by atoms with E-state index in [0.29, 0.717) is 18.2 Å². The Balaban J connectivity index is 0.000000240. The summed E-state index contributed by atoms with van der Waals surface area (Å²) in [7, 11) is 0. The van der Waals surface area contributed by atoms with Gasteiger partial charge in [-0.05, 0) is 35.7 Å². The van der Waals surface area contributed by atoms with Gasteiger partial charge < -0.3 is 14.8 Å². The fourth-order valence-electron chi connectivity index (χ4n) is 1.60. The van der Waals surface area contributed by atoms with Gasteiger partial charge in [0.25, 0.3) is 0 Å². The van der Waals surface area contributed by atoms with Crippen molar-refractivity contribution in [3.8, 4) is 0 Å². The molecule has 1 unspecified atom stereocenters. The van der Waals surface area contributed by atoms with E-state index in [1.54, 1.807) is 11.3 Å². The van der Waals surface area contributed by atoms with Crippen LogP contribution in [0.4, 0.5) is 0 Å². The number of aliphatic carboxylic acids is 2. The summed E-state index contributed by atoms with van der Waals surface area (Å²) in [6.07, 6.45) is 6.80. The molecular formula is C14H16N2O4S. The van der Waals surface area contributed by atoms with Gasteiger partial charge in [0.1, 0.15) is 0 Å². The minimum Gasteiger partial charge on any atom is -0.478 e. The van der Waals surface area contributed by atoms with Crippen LogP contribution in [0.5, 0.6) is 0 Å². The molecule has 0 amide bonds. The summed E-state index contributed by atoms with van der Waals surface area (Å²) >= 11 is 1.76. The molecule has 0 spiro atoms. The van der Waals surface area contributed by atoms with Gasteiger partial charge in [-0.1, -0.05) is 0 Å². The molecule has 0 saturated carbocycles.